The van der Waals surface area contributed by atoms with Gasteiger partial charge in [0.1, 0.15) is 11.6 Å². The molecule has 100 valence electrons. The Morgan fingerprint density at radius 1 is 1.47 bits per heavy atom. The number of rotatable bonds is 3. The minimum atomic E-state index is -1.30. The number of hydrogen-bond donors (Lipinski definition) is 2. The minimum absolute atomic E-state index is 0.0664. The van der Waals surface area contributed by atoms with Crippen molar-refractivity contribution in [2.45, 2.75) is 6.54 Å². The van der Waals surface area contributed by atoms with Crippen LogP contribution in [0.3, 0.4) is 0 Å². The number of anilines is 1. The molecule has 1 heterocycles. The van der Waals surface area contributed by atoms with E-state index in [0.717, 1.165) is 10.7 Å². The van der Waals surface area contributed by atoms with E-state index in [-0.39, 0.29) is 28.0 Å². The zero-order chi connectivity index (χ0) is 14.2. The number of benzene rings is 1. The smallest absolute Gasteiger partial charge is 0.358 e. The lowest BCUT2D eigenvalue weighted by atomic mass is 10.2. The first-order valence-electron chi connectivity index (χ1n) is 5.08. The molecular formula is C11H8BrF2N3O2. The van der Waals surface area contributed by atoms with Crippen LogP contribution in [-0.4, -0.2) is 20.9 Å². The average molecular weight is 332 g/mol. The van der Waals surface area contributed by atoms with Crippen molar-refractivity contribution in [2.24, 2.45) is 0 Å². The maximum atomic E-state index is 13.7. The third-order valence-electron chi connectivity index (χ3n) is 2.45. The van der Waals surface area contributed by atoms with Gasteiger partial charge in [-0.15, -0.1) is 0 Å². The van der Waals surface area contributed by atoms with Gasteiger partial charge in [0.15, 0.2) is 5.69 Å². The first-order chi connectivity index (χ1) is 8.90. The van der Waals surface area contributed by atoms with E-state index in [1.54, 1.807) is 0 Å². The van der Waals surface area contributed by atoms with Gasteiger partial charge in [0.25, 0.3) is 0 Å². The number of halogens is 3. The highest BCUT2D eigenvalue weighted by molar-refractivity contribution is 9.10. The van der Waals surface area contributed by atoms with Gasteiger partial charge in [-0.1, -0.05) is 0 Å². The molecule has 0 unspecified atom stereocenters. The SMILES string of the molecule is Nc1cn(Cc2c(F)ccc(Br)c2F)nc1C(=O)O. The van der Waals surface area contributed by atoms with Crippen molar-refractivity contribution in [1.29, 1.82) is 0 Å². The molecule has 8 heteroatoms. The Morgan fingerprint density at radius 3 is 2.74 bits per heavy atom. The lowest BCUT2D eigenvalue weighted by molar-refractivity contribution is 0.0690. The quantitative estimate of drug-likeness (QED) is 0.845. The molecule has 0 radical (unpaired) electrons. The van der Waals surface area contributed by atoms with E-state index < -0.39 is 17.6 Å². The second-order valence-electron chi connectivity index (χ2n) is 3.76. The molecule has 0 bridgehead atoms. The van der Waals surface area contributed by atoms with Gasteiger partial charge in [0, 0.05) is 11.8 Å². The number of aromatic carboxylic acids is 1. The standard InChI is InChI=1S/C11H8BrF2N3O2/c12-6-1-2-7(13)5(9(6)14)3-17-4-8(15)10(16-17)11(18)19/h1-2,4H,3,15H2,(H,18,19). The van der Waals surface area contributed by atoms with E-state index in [4.69, 9.17) is 10.8 Å². The summed E-state index contributed by atoms with van der Waals surface area (Å²) in [5.41, 5.74) is 4.80. The van der Waals surface area contributed by atoms with Crippen molar-refractivity contribution >= 4 is 27.6 Å². The Bertz CT molecular complexity index is 658. The normalized spacial score (nSPS) is 10.7. The summed E-state index contributed by atoms with van der Waals surface area (Å²) < 4.78 is 28.5. The summed E-state index contributed by atoms with van der Waals surface area (Å²) in [5, 5.41) is 12.4. The van der Waals surface area contributed by atoms with Gasteiger partial charge in [-0.25, -0.2) is 13.6 Å². The molecule has 2 aromatic rings. The van der Waals surface area contributed by atoms with Gasteiger partial charge in [0.05, 0.1) is 16.7 Å². The Hall–Kier alpha value is -1.96. The van der Waals surface area contributed by atoms with Crippen molar-refractivity contribution in [3.05, 3.63) is 45.7 Å². The van der Waals surface area contributed by atoms with Crippen molar-refractivity contribution in [3.63, 3.8) is 0 Å². The van der Waals surface area contributed by atoms with Crippen LogP contribution >= 0.6 is 15.9 Å². The van der Waals surface area contributed by atoms with Gasteiger partial charge in [0.2, 0.25) is 0 Å². The van der Waals surface area contributed by atoms with Gasteiger partial charge >= 0.3 is 5.97 Å². The summed E-state index contributed by atoms with van der Waals surface area (Å²) in [5.74, 6) is -2.80. The van der Waals surface area contributed by atoms with E-state index in [2.05, 4.69) is 21.0 Å². The highest BCUT2D eigenvalue weighted by Crippen LogP contribution is 2.22. The Kier molecular flexibility index (Phi) is 3.52. The number of carboxylic acid groups (broad SMARTS) is 1. The zero-order valence-electron chi connectivity index (χ0n) is 9.40. The maximum Gasteiger partial charge on any atom is 0.358 e. The number of nitrogens with zero attached hydrogens (tertiary/aromatic N) is 2. The molecule has 1 aromatic heterocycles. The van der Waals surface area contributed by atoms with Crippen LogP contribution < -0.4 is 5.73 Å². The van der Waals surface area contributed by atoms with Gasteiger partial charge in [-0.3, -0.25) is 4.68 Å². The number of aromatic nitrogens is 2. The molecule has 5 nitrogen and oxygen atoms in total. The van der Waals surface area contributed by atoms with Gasteiger partial charge in [-0.05, 0) is 28.1 Å². The maximum absolute atomic E-state index is 13.7. The molecule has 0 saturated heterocycles. The topological polar surface area (TPSA) is 81.1 Å². The molecule has 0 fully saturated rings. The van der Waals surface area contributed by atoms with Crippen LogP contribution in [0.25, 0.3) is 0 Å². The van der Waals surface area contributed by atoms with E-state index in [1.165, 1.54) is 12.3 Å². The van der Waals surface area contributed by atoms with Gasteiger partial charge < -0.3 is 10.8 Å². The highest BCUT2D eigenvalue weighted by Gasteiger charge is 2.17. The van der Waals surface area contributed by atoms with Crippen LogP contribution in [0, 0.1) is 11.6 Å². The molecule has 0 amide bonds. The zero-order valence-corrected chi connectivity index (χ0v) is 11.0. The largest absolute Gasteiger partial charge is 0.476 e. The van der Waals surface area contributed by atoms with E-state index in [1.807, 2.05) is 0 Å². The van der Waals surface area contributed by atoms with Crippen LogP contribution in [0.5, 0.6) is 0 Å². The lowest BCUT2D eigenvalue weighted by Crippen LogP contribution is -2.07. The van der Waals surface area contributed by atoms with Crippen LogP contribution in [0.4, 0.5) is 14.5 Å². The second-order valence-corrected chi connectivity index (χ2v) is 4.61. The molecular weight excluding hydrogens is 324 g/mol. The molecule has 3 N–H and O–H groups in total. The molecule has 0 saturated carbocycles. The van der Waals surface area contributed by atoms with Crippen molar-refractivity contribution < 1.29 is 18.7 Å². The number of hydrogen-bond acceptors (Lipinski definition) is 3. The summed E-state index contributed by atoms with van der Waals surface area (Å²) in [6.07, 6.45) is 1.21. The molecule has 2 rings (SSSR count). The van der Waals surface area contributed by atoms with Crippen molar-refractivity contribution in [2.75, 3.05) is 5.73 Å². The third kappa shape index (κ3) is 2.58. The Balaban J connectivity index is 2.39. The van der Waals surface area contributed by atoms with E-state index in [9.17, 15) is 13.6 Å². The first kappa shape index (κ1) is 13.5. The summed E-state index contributed by atoms with van der Waals surface area (Å²) in [7, 11) is 0. The fourth-order valence-corrected chi connectivity index (χ4v) is 1.93. The van der Waals surface area contributed by atoms with Crippen LogP contribution in [-0.2, 0) is 6.54 Å². The molecule has 0 aliphatic rings. The number of nitrogen functional groups attached to an aromatic ring is 1. The second kappa shape index (κ2) is 4.96. The highest BCUT2D eigenvalue weighted by atomic mass is 79.9. The van der Waals surface area contributed by atoms with E-state index >= 15 is 0 Å². The molecule has 0 aliphatic carbocycles. The third-order valence-corrected chi connectivity index (χ3v) is 3.06. The van der Waals surface area contributed by atoms with Crippen LogP contribution in [0.1, 0.15) is 16.1 Å². The Morgan fingerprint density at radius 2 is 2.16 bits per heavy atom. The molecule has 19 heavy (non-hydrogen) atoms. The molecule has 1 aromatic carbocycles. The van der Waals surface area contributed by atoms with Crippen molar-refractivity contribution in [1.82, 2.24) is 9.78 Å². The fraction of sp³-hybridized carbons (Fsp3) is 0.0909. The van der Waals surface area contributed by atoms with Gasteiger partial charge in [-0.2, -0.15) is 5.10 Å². The van der Waals surface area contributed by atoms with E-state index in [0.29, 0.717) is 0 Å². The summed E-state index contributed by atoms with van der Waals surface area (Å²) in [4.78, 5) is 10.8. The molecule has 0 atom stereocenters. The summed E-state index contributed by atoms with van der Waals surface area (Å²) >= 11 is 2.95. The average Bonchev–Trinajstić information content (AvgIpc) is 2.71. The summed E-state index contributed by atoms with van der Waals surface area (Å²) in [6.45, 7) is -0.255. The number of carbonyl (C=O) groups is 1. The minimum Gasteiger partial charge on any atom is -0.476 e. The van der Waals surface area contributed by atoms with Crippen LogP contribution in [0.2, 0.25) is 0 Å². The number of nitrogens with two attached hydrogens (primary N) is 1. The predicted molar refractivity (Wildman–Crippen MR) is 66.8 cm³/mol. The Labute approximate surface area is 114 Å². The summed E-state index contributed by atoms with van der Waals surface area (Å²) in [6, 6.07) is 2.35. The first-order valence-corrected chi connectivity index (χ1v) is 5.88. The van der Waals surface area contributed by atoms with Crippen molar-refractivity contribution in [3.8, 4) is 0 Å². The fourth-order valence-electron chi connectivity index (χ4n) is 1.56. The van der Waals surface area contributed by atoms with Crippen LogP contribution in [0.15, 0.2) is 22.8 Å². The monoisotopic (exact) mass is 331 g/mol. The number of carboxylic acids is 1. The lowest BCUT2D eigenvalue weighted by Gasteiger charge is -2.06. The predicted octanol–water partition coefficient (Wildman–Crippen LogP) is 2.25. The molecule has 0 spiro atoms. The molecule has 0 aliphatic heterocycles.